The standard InChI is InChI=1S/C22H21ClF4N4O/c1-2-21(32,22(25,26)27)19(28)12-31(29)11-13-3-8-16-17(10-20(23)30-18(16)9-13)14-4-6-15(24)7-5-14/h3-10,12,32H,2,11,28-29H2,1H3/b19-12-. The number of alkyl halides is 3. The molecule has 5 N–H and O–H groups in total. The number of hydrogen-bond donors (Lipinski definition) is 3. The van der Waals surface area contributed by atoms with Gasteiger partial charge >= 0.3 is 6.18 Å². The van der Waals surface area contributed by atoms with Crippen LogP contribution < -0.4 is 11.6 Å². The van der Waals surface area contributed by atoms with Gasteiger partial charge in [0.1, 0.15) is 11.0 Å². The summed E-state index contributed by atoms with van der Waals surface area (Å²) in [6, 6.07) is 12.8. The van der Waals surface area contributed by atoms with E-state index in [0.29, 0.717) is 11.1 Å². The molecule has 1 heterocycles. The van der Waals surface area contributed by atoms with Gasteiger partial charge in [-0.05, 0) is 47.4 Å². The molecule has 0 spiro atoms. The van der Waals surface area contributed by atoms with Gasteiger partial charge in [0.2, 0.25) is 5.60 Å². The Morgan fingerprint density at radius 2 is 1.81 bits per heavy atom. The molecule has 0 fully saturated rings. The Kier molecular flexibility index (Phi) is 6.64. The molecule has 0 saturated carbocycles. The SMILES string of the molecule is CCC(O)(/C(N)=C/N(N)Cc1ccc2c(-c3ccc(F)cc3)cc(Cl)nc2c1)C(F)(F)F. The summed E-state index contributed by atoms with van der Waals surface area (Å²) >= 11 is 6.16. The number of nitrogens with two attached hydrogens (primary N) is 2. The van der Waals surface area contributed by atoms with Crippen LogP contribution in [0.3, 0.4) is 0 Å². The number of nitrogens with zero attached hydrogens (tertiary/aromatic N) is 2. The second kappa shape index (κ2) is 8.93. The van der Waals surface area contributed by atoms with Crippen LogP contribution in [0.25, 0.3) is 22.0 Å². The number of fused-ring (bicyclic) bond motifs is 1. The third-order valence-electron chi connectivity index (χ3n) is 5.13. The van der Waals surface area contributed by atoms with E-state index in [-0.39, 0.29) is 17.5 Å². The fraction of sp³-hybridized carbons (Fsp3) is 0.227. The van der Waals surface area contributed by atoms with Crippen LogP contribution in [0.1, 0.15) is 18.9 Å². The lowest BCUT2D eigenvalue weighted by molar-refractivity contribution is -0.245. The lowest BCUT2D eigenvalue weighted by Crippen LogP contribution is -2.49. The van der Waals surface area contributed by atoms with Crippen molar-refractivity contribution < 1.29 is 22.7 Å². The van der Waals surface area contributed by atoms with Gasteiger partial charge in [0.05, 0.1) is 17.8 Å². The monoisotopic (exact) mass is 468 g/mol. The van der Waals surface area contributed by atoms with E-state index in [1.165, 1.54) is 19.1 Å². The molecule has 2 aromatic carbocycles. The largest absolute Gasteiger partial charge is 0.422 e. The zero-order valence-electron chi connectivity index (χ0n) is 17.0. The predicted octanol–water partition coefficient (Wildman–Crippen LogP) is 4.87. The van der Waals surface area contributed by atoms with E-state index in [1.807, 2.05) is 0 Å². The van der Waals surface area contributed by atoms with Gasteiger partial charge in [-0.25, -0.2) is 15.2 Å². The third kappa shape index (κ3) is 4.79. The van der Waals surface area contributed by atoms with Crippen molar-refractivity contribution in [3.63, 3.8) is 0 Å². The van der Waals surface area contributed by atoms with Gasteiger partial charge in [0.25, 0.3) is 0 Å². The summed E-state index contributed by atoms with van der Waals surface area (Å²) in [4.78, 5) is 4.30. The molecule has 1 aromatic heterocycles. The van der Waals surface area contributed by atoms with Crippen molar-refractivity contribution in [2.24, 2.45) is 11.6 Å². The van der Waals surface area contributed by atoms with Crippen molar-refractivity contribution >= 4 is 22.5 Å². The van der Waals surface area contributed by atoms with Crippen molar-refractivity contribution in [1.29, 1.82) is 0 Å². The van der Waals surface area contributed by atoms with Gasteiger partial charge in [-0.1, -0.05) is 42.8 Å². The minimum atomic E-state index is -4.94. The molecule has 5 nitrogen and oxygen atoms in total. The number of pyridine rings is 1. The minimum Gasteiger partial charge on any atom is -0.398 e. The van der Waals surface area contributed by atoms with Gasteiger partial charge in [0, 0.05) is 11.6 Å². The maximum Gasteiger partial charge on any atom is 0.422 e. The Hall–Kier alpha value is -2.88. The third-order valence-corrected chi connectivity index (χ3v) is 5.32. The van der Waals surface area contributed by atoms with Gasteiger partial charge < -0.3 is 15.8 Å². The number of benzene rings is 2. The van der Waals surface area contributed by atoms with E-state index >= 15 is 0 Å². The van der Waals surface area contributed by atoms with Crippen LogP contribution in [0, 0.1) is 5.82 Å². The number of aromatic nitrogens is 1. The molecular formula is C22H21ClF4N4O. The topological polar surface area (TPSA) is 88.4 Å². The summed E-state index contributed by atoms with van der Waals surface area (Å²) in [5, 5.41) is 11.8. The second-order valence-electron chi connectivity index (χ2n) is 7.32. The normalized spacial score (nSPS) is 14.4. The summed E-state index contributed by atoms with van der Waals surface area (Å²) in [5.74, 6) is 5.46. The Morgan fingerprint density at radius 3 is 2.41 bits per heavy atom. The van der Waals surface area contributed by atoms with Crippen molar-refractivity contribution in [3.8, 4) is 11.1 Å². The van der Waals surface area contributed by atoms with E-state index in [2.05, 4.69) is 4.98 Å². The quantitative estimate of drug-likeness (QED) is 0.208. The molecule has 0 amide bonds. The second-order valence-corrected chi connectivity index (χ2v) is 7.71. The molecule has 0 aliphatic rings. The molecule has 32 heavy (non-hydrogen) atoms. The lowest BCUT2D eigenvalue weighted by Gasteiger charge is -2.30. The van der Waals surface area contributed by atoms with Crippen molar-refractivity contribution in [2.75, 3.05) is 0 Å². The van der Waals surface area contributed by atoms with Crippen molar-refractivity contribution in [3.05, 3.63) is 77.0 Å². The van der Waals surface area contributed by atoms with Gasteiger partial charge in [-0.3, -0.25) is 0 Å². The zero-order chi connectivity index (χ0) is 23.7. The molecule has 0 saturated heterocycles. The predicted molar refractivity (Wildman–Crippen MR) is 115 cm³/mol. The number of hydrogen-bond acceptors (Lipinski definition) is 5. The van der Waals surface area contributed by atoms with E-state index in [1.54, 1.807) is 36.4 Å². The molecule has 1 atom stereocenters. The Balaban J connectivity index is 1.91. The molecule has 170 valence electrons. The molecule has 1 unspecified atom stereocenters. The van der Waals surface area contributed by atoms with Crippen LogP contribution in [0.15, 0.2) is 60.4 Å². The summed E-state index contributed by atoms with van der Waals surface area (Å²) in [7, 11) is 0. The fourth-order valence-corrected chi connectivity index (χ4v) is 3.52. The molecule has 0 aliphatic heterocycles. The Morgan fingerprint density at radius 1 is 1.16 bits per heavy atom. The van der Waals surface area contributed by atoms with E-state index in [9.17, 15) is 22.7 Å². The maximum absolute atomic E-state index is 13.3. The highest BCUT2D eigenvalue weighted by atomic mass is 35.5. The Labute approximate surface area is 186 Å². The molecule has 0 radical (unpaired) electrons. The molecule has 3 aromatic rings. The first-order chi connectivity index (χ1) is 14.9. The van der Waals surface area contributed by atoms with Crippen LogP contribution >= 0.6 is 11.6 Å². The smallest absolute Gasteiger partial charge is 0.398 e. The van der Waals surface area contributed by atoms with Crippen LogP contribution in [0.4, 0.5) is 17.6 Å². The zero-order valence-corrected chi connectivity index (χ0v) is 17.8. The first-order valence-corrected chi connectivity index (χ1v) is 9.95. The van der Waals surface area contributed by atoms with Gasteiger partial charge in [0.15, 0.2) is 0 Å². The number of hydrazine groups is 1. The lowest BCUT2D eigenvalue weighted by atomic mass is 9.96. The number of halogens is 5. The summed E-state index contributed by atoms with van der Waals surface area (Å²) < 4.78 is 52.8. The van der Waals surface area contributed by atoms with Crippen LogP contribution in [0.5, 0.6) is 0 Å². The van der Waals surface area contributed by atoms with Crippen molar-refractivity contribution in [1.82, 2.24) is 9.99 Å². The first kappa shape index (κ1) is 23.8. The van der Waals surface area contributed by atoms with Crippen LogP contribution in [-0.2, 0) is 6.54 Å². The van der Waals surface area contributed by atoms with E-state index in [0.717, 1.165) is 27.7 Å². The fourth-order valence-electron chi connectivity index (χ4n) is 3.32. The molecule has 10 heteroatoms. The Bertz CT molecular complexity index is 1150. The van der Waals surface area contributed by atoms with E-state index < -0.39 is 23.9 Å². The average Bonchev–Trinajstić information content (AvgIpc) is 2.71. The van der Waals surface area contributed by atoms with Gasteiger partial charge in [-0.15, -0.1) is 0 Å². The maximum atomic E-state index is 13.3. The highest BCUT2D eigenvalue weighted by molar-refractivity contribution is 6.30. The van der Waals surface area contributed by atoms with Gasteiger partial charge in [-0.2, -0.15) is 13.2 Å². The first-order valence-electron chi connectivity index (χ1n) is 9.58. The molecular weight excluding hydrogens is 448 g/mol. The summed E-state index contributed by atoms with van der Waals surface area (Å²) in [6.45, 7) is 1.17. The highest BCUT2D eigenvalue weighted by Gasteiger charge is 2.54. The van der Waals surface area contributed by atoms with Crippen LogP contribution in [0.2, 0.25) is 5.15 Å². The minimum absolute atomic E-state index is 0.00559. The van der Waals surface area contributed by atoms with E-state index in [4.69, 9.17) is 23.2 Å². The van der Waals surface area contributed by atoms with Crippen molar-refractivity contribution in [2.45, 2.75) is 31.7 Å². The molecule has 0 aliphatic carbocycles. The number of aliphatic hydroxyl groups is 1. The molecule has 3 rings (SSSR count). The average molecular weight is 469 g/mol. The highest BCUT2D eigenvalue weighted by Crippen LogP contribution is 2.37. The number of rotatable bonds is 6. The summed E-state index contributed by atoms with van der Waals surface area (Å²) in [6.07, 6.45) is -4.74. The summed E-state index contributed by atoms with van der Waals surface area (Å²) in [5.41, 5.74) is 4.18. The molecule has 0 bridgehead atoms. The van der Waals surface area contributed by atoms with Crippen LogP contribution in [-0.4, -0.2) is 26.9 Å².